The first-order chi connectivity index (χ1) is 13.7. The number of hydrogen-bond acceptors (Lipinski definition) is 5. The van der Waals surface area contributed by atoms with Gasteiger partial charge in [-0.15, -0.1) is 0 Å². The zero-order valence-electron chi connectivity index (χ0n) is 16.0. The first-order valence-corrected chi connectivity index (χ1v) is 9.76. The molecule has 5 N–H and O–H groups in total. The van der Waals surface area contributed by atoms with Crippen LogP contribution in [0.3, 0.4) is 0 Å². The van der Waals surface area contributed by atoms with Crippen molar-refractivity contribution in [2.24, 2.45) is 5.73 Å². The Hall–Kier alpha value is -2.83. The molecule has 0 bridgehead atoms. The molecule has 1 atom stereocenters. The molecule has 1 aromatic heterocycles. The fourth-order valence-electron chi connectivity index (χ4n) is 3.98. The Kier molecular flexibility index (Phi) is 5.07. The van der Waals surface area contributed by atoms with E-state index in [9.17, 15) is 5.11 Å². The summed E-state index contributed by atoms with van der Waals surface area (Å²) in [6.07, 6.45) is 4.34. The van der Waals surface area contributed by atoms with Crippen LogP contribution in [0.15, 0.2) is 49.0 Å². The first-order valence-electron chi connectivity index (χ1n) is 9.76. The van der Waals surface area contributed by atoms with Crippen LogP contribution >= 0.6 is 0 Å². The average molecular weight is 377 g/mol. The maximum Gasteiger partial charge on any atom is 0.128 e. The molecule has 0 saturated carbocycles. The quantitative estimate of drug-likeness (QED) is 0.451. The second-order valence-corrected chi connectivity index (χ2v) is 7.36. The molecule has 28 heavy (non-hydrogen) atoms. The van der Waals surface area contributed by atoms with Gasteiger partial charge < -0.3 is 21.5 Å². The number of aliphatic hydroxyl groups excluding tert-OH is 1. The molecule has 0 radical (unpaired) electrons. The van der Waals surface area contributed by atoms with E-state index in [1.807, 2.05) is 16.8 Å². The van der Waals surface area contributed by atoms with Gasteiger partial charge in [0.25, 0.3) is 0 Å². The number of anilines is 2. The van der Waals surface area contributed by atoms with Crippen LogP contribution < -0.4 is 16.4 Å². The fourth-order valence-corrected chi connectivity index (χ4v) is 3.98. The third kappa shape index (κ3) is 3.37. The molecule has 0 aliphatic carbocycles. The Morgan fingerprint density at radius 2 is 1.96 bits per heavy atom. The molecule has 0 amide bonds. The van der Waals surface area contributed by atoms with Crippen LogP contribution in [-0.4, -0.2) is 27.2 Å². The van der Waals surface area contributed by atoms with E-state index in [0.717, 1.165) is 52.8 Å². The Morgan fingerprint density at radius 3 is 2.75 bits per heavy atom. The van der Waals surface area contributed by atoms with Crippen LogP contribution in [0.25, 0.3) is 17.0 Å². The number of nitrogens with one attached hydrogen (secondary N) is 2. The van der Waals surface area contributed by atoms with Gasteiger partial charge in [0.15, 0.2) is 0 Å². The molecule has 1 aliphatic heterocycles. The number of nitrogens with zero attached hydrogens (tertiary/aromatic N) is 2. The van der Waals surface area contributed by atoms with Gasteiger partial charge in [0.1, 0.15) is 5.66 Å². The van der Waals surface area contributed by atoms with Crippen molar-refractivity contribution in [3.05, 3.63) is 60.3 Å². The summed E-state index contributed by atoms with van der Waals surface area (Å²) in [4.78, 5) is 0. The molecular weight excluding hydrogens is 350 g/mol. The molecule has 4 rings (SSSR count). The molecule has 0 fully saturated rings. The van der Waals surface area contributed by atoms with Gasteiger partial charge in [-0.1, -0.05) is 30.8 Å². The lowest BCUT2D eigenvalue weighted by molar-refractivity contribution is 0.275. The first kappa shape index (κ1) is 18.5. The number of aromatic nitrogens is 2. The summed E-state index contributed by atoms with van der Waals surface area (Å²) < 4.78 is 2.04. The highest BCUT2D eigenvalue weighted by molar-refractivity contribution is 5.87. The highest BCUT2D eigenvalue weighted by atomic mass is 16.2. The van der Waals surface area contributed by atoms with E-state index in [4.69, 9.17) is 10.8 Å². The standard InChI is InChI=1S/C22H27N5O/c1-2-18-17-7-3-4-8-21(17)27(26-18)15-22(11-5-6-12-28)24-19-10-9-16(14-23)13-20(19)25-22/h2-4,7-10,13,24-25,28H,1,5-6,11-12,14-15,23H2. The molecule has 1 aliphatic rings. The number of unbranched alkanes of at least 4 members (excludes halogenated alkanes) is 1. The van der Waals surface area contributed by atoms with Crippen molar-refractivity contribution in [3.63, 3.8) is 0 Å². The van der Waals surface area contributed by atoms with E-state index < -0.39 is 0 Å². The van der Waals surface area contributed by atoms with Crippen molar-refractivity contribution in [2.45, 2.75) is 38.0 Å². The number of nitrogens with two attached hydrogens (primary N) is 1. The van der Waals surface area contributed by atoms with Crippen LogP contribution in [0, 0.1) is 0 Å². The second kappa shape index (κ2) is 7.66. The summed E-state index contributed by atoms with van der Waals surface area (Å²) in [6.45, 7) is 5.27. The van der Waals surface area contributed by atoms with Crippen molar-refractivity contribution < 1.29 is 5.11 Å². The number of hydrogen-bond donors (Lipinski definition) is 4. The minimum absolute atomic E-state index is 0.200. The molecule has 6 heteroatoms. The third-order valence-electron chi connectivity index (χ3n) is 5.38. The molecule has 2 aromatic carbocycles. The van der Waals surface area contributed by atoms with E-state index in [1.165, 1.54) is 0 Å². The van der Waals surface area contributed by atoms with Gasteiger partial charge in [0.05, 0.1) is 29.1 Å². The Labute approximate surface area is 165 Å². The normalized spacial score (nSPS) is 17.9. The molecule has 3 aromatic rings. The number of para-hydroxylation sites is 1. The minimum Gasteiger partial charge on any atom is -0.396 e. The van der Waals surface area contributed by atoms with Crippen molar-refractivity contribution >= 4 is 28.4 Å². The topological polar surface area (TPSA) is 88.1 Å². The van der Waals surface area contributed by atoms with E-state index in [1.54, 1.807) is 6.08 Å². The smallest absolute Gasteiger partial charge is 0.128 e. The van der Waals surface area contributed by atoms with E-state index in [2.05, 4.69) is 47.5 Å². The van der Waals surface area contributed by atoms with Gasteiger partial charge in [-0.05, 0) is 49.1 Å². The fraction of sp³-hybridized carbons (Fsp3) is 0.318. The van der Waals surface area contributed by atoms with Crippen molar-refractivity contribution in [3.8, 4) is 0 Å². The largest absolute Gasteiger partial charge is 0.396 e. The van der Waals surface area contributed by atoms with Gasteiger partial charge in [0, 0.05) is 18.5 Å². The summed E-state index contributed by atoms with van der Waals surface area (Å²) in [6, 6.07) is 14.5. The van der Waals surface area contributed by atoms with Crippen LogP contribution in [0.2, 0.25) is 0 Å². The number of rotatable bonds is 8. The van der Waals surface area contributed by atoms with Crippen LogP contribution in [0.5, 0.6) is 0 Å². The molecular formula is C22H27N5O. The maximum atomic E-state index is 9.25. The zero-order valence-corrected chi connectivity index (χ0v) is 16.0. The number of aliphatic hydroxyl groups is 1. The van der Waals surface area contributed by atoms with Crippen LogP contribution in [0.4, 0.5) is 11.4 Å². The summed E-state index contributed by atoms with van der Waals surface area (Å²) in [5.41, 5.74) is 10.6. The summed E-state index contributed by atoms with van der Waals surface area (Å²) in [5.74, 6) is 0. The molecule has 0 saturated heterocycles. The predicted octanol–water partition coefficient (Wildman–Crippen LogP) is 3.53. The average Bonchev–Trinajstić information content (AvgIpc) is 3.25. The number of fused-ring (bicyclic) bond motifs is 2. The lowest BCUT2D eigenvalue weighted by atomic mass is 10.0. The second-order valence-electron chi connectivity index (χ2n) is 7.36. The Bertz CT molecular complexity index is 996. The Morgan fingerprint density at radius 1 is 1.14 bits per heavy atom. The van der Waals surface area contributed by atoms with Gasteiger partial charge >= 0.3 is 0 Å². The summed E-state index contributed by atoms with van der Waals surface area (Å²) in [5, 5.41) is 22.5. The lowest BCUT2D eigenvalue weighted by Crippen LogP contribution is -2.46. The highest BCUT2D eigenvalue weighted by Gasteiger charge is 2.37. The molecule has 1 unspecified atom stereocenters. The SMILES string of the molecule is C=Cc1nn(CC2(CCCCO)Nc3ccc(CN)cc3N2)c2ccccc12. The third-order valence-corrected chi connectivity index (χ3v) is 5.38. The van der Waals surface area contributed by atoms with Crippen LogP contribution in [-0.2, 0) is 13.1 Å². The number of benzene rings is 2. The van der Waals surface area contributed by atoms with Gasteiger partial charge in [-0.25, -0.2) is 0 Å². The van der Waals surface area contributed by atoms with Gasteiger partial charge in [-0.2, -0.15) is 5.10 Å². The molecule has 146 valence electrons. The summed E-state index contributed by atoms with van der Waals surface area (Å²) >= 11 is 0. The van der Waals surface area contributed by atoms with Gasteiger partial charge in [0.2, 0.25) is 0 Å². The van der Waals surface area contributed by atoms with Crippen molar-refractivity contribution in [2.75, 3.05) is 17.2 Å². The van der Waals surface area contributed by atoms with E-state index in [0.29, 0.717) is 13.1 Å². The van der Waals surface area contributed by atoms with Crippen molar-refractivity contribution in [1.82, 2.24) is 9.78 Å². The monoisotopic (exact) mass is 377 g/mol. The summed E-state index contributed by atoms with van der Waals surface area (Å²) in [7, 11) is 0. The zero-order chi connectivity index (χ0) is 19.6. The molecule has 0 spiro atoms. The molecule has 6 nitrogen and oxygen atoms in total. The van der Waals surface area contributed by atoms with E-state index in [-0.39, 0.29) is 12.3 Å². The van der Waals surface area contributed by atoms with Crippen molar-refractivity contribution in [1.29, 1.82) is 0 Å². The minimum atomic E-state index is -0.377. The Balaban J connectivity index is 1.69. The highest BCUT2D eigenvalue weighted by Crippen LogP contribution is 2.38. The lowest BCUT2D eigenvalue weighted by Gasteiger charge is -2.31. The molecule has 2 heterocycles. The van der Waals surface area contributed by atoms with E-state index >= 15 is 0 Å². The maximum absolute atomic E-state index is 9.25. The predicted molar refractivity (Wildman–Crippen MR) is 115 cm³/mol. The van der Waals surface area contributed by atoms with Gasteiger partial charge in [-0.3, -0.25) is 4.68 Å². The van der Waals surface area contributed by atoms with Crippen LogP contribution in [0.1, 0.15) is 30.5 Å².